The minimum atomic E-state index is 0.445. The molecule has 0 radical (unpaired) electrons. The van der Waals surface area contributed by atoms with Crippen molar-refractivity contribution in [2.45, 2.75) is 64.0 Å². The van der Waals surface area contributed by atoms with Crippen molar-refractivity contribution in [1.29, 1.82) is 0 Å². The van der Waals surface area contributed by atoms with E-state index < -0.39 is 0 Å². The number of nitrogens with one attached hydrogen (secondary N) is 1. The van der Waals surface area contributed by atoms with Crippen LogP contribution >= 0.6 is 11.8 Å². The van der Waals surface area contributed by atoms with Gasteiger partial charge in [-0.25, -0.2) is 0 Å². The van der Waals surface area contributed by atoms with E-state index in [1.165, 1.54) is 30.4 Å². The second kappa shape index (κ2) is 7.19. The lowest BCUT2D eigenvalue weighted by molar-refractivity contribution is 0.167. The molecule has 2 heteroatoms. The molecule has 0 aromatic heterocycles. The summed E-state index contributed by atoms with van der Waals surface area (Å²) in [5, 5.41) is 4.30. The topological polar surface area (TPSA) is 12.0 Å². The summed E-state index contributed by atoms with van der Waals surface area (Å²) in [6, 6.07) is 9.48. The average Bonchev–Trinajstić information content (AvgIpc) is 2.45. The molecule has 3 unspecified atom stereocenters. The van der Waals surface area contributed by atoms with Crippen LogP contribution in [-0.2, 0) is 5.75 Å². The first-order valence-electron chi connectivity index (χ1n) is 8.25. The molecular formula is C19H31NS. The van der Waals surface area contributed by atoms with Gasteiger partial charge in [-0.2, -0.15) is 11.8 Å². The van der Waals surface area contributed by atoms with E-state index in [4.69, 9.17) is 0 Å². The van der Waals surface area contributed by atoms with E-state index >= 15 is 0 Å². The SMILES string of the molecule is CNC1CCC(C(C)(C)C)CC1SCc1ccccc1C. The number of aryl methyl sites for hydroxylation is 1. The molecule has 1 saturated carbocycles. The van der Waals surface area contributed by atoms with Crippen LogP contribution in [-0.4, -0.2) is 18.3 Å². The first kappa shape index (κ1) is 16.9. The average molecular weight is 306 g/mol. The van der Waals surface area contributed by atoms with Gasteiger partial charge in [-0.3, -0.25) is 0 Å². The Morgan fingerprint density at radius 3 is 2.52 bits per heavy atom. The minimum Gasteiger partial charge on any atom is -0.316 e. The second-order valence-corrected chi connectivity index (χ2v) is 8.77. The second-order valence-electron chi connectivity index (χ2n) is 7.55. The highest BCUT2D eigenvalue weighted by atomic mass is 32.2. The Kier molecular flexibility index (Phi) is 5.79. The number of hydrogen-bond acceptors (Lipinski definition) is 2. The van der Waals surface area contributed by atoms with Gasteiger partial charge in [0.15, 0.2) is 0 Å². The molecule has 21 heavy (non-hydrogen) atoms. The highest BCUT2D eigenvalue weighted by Gasteiger charge is 2.35. The molecule has 1 nitrogen and oxygen atoms in total. The summed E-state index contributed by atoms with van der Waals surface area (Å²) in [6.45, 7) is 9.44. The number of thioether (sulfide) groups is 1. The molecule has 1 fully saturated rings. The van der Waals surface area contributed by atoms with Crippen LogP contribution in [0, 0.1) is 18.3 Å². The fourth-order valence-electron chi connectivity index (χ4n) is 3.40. The molecule has 0 aliphatic heterocycles. The lowest BCUT2D eigenvalue weighted by Gasteiger charge is -2.41. The molecule has 1 aromatic carbocycles. The standard InChI is InChI=1S/C19H31NS/c1-14-8-6-7-9-15(14)13-21-18-12-16(19(2,3)4)10-11-17(18)20-5/h6-9,16-18,20H,10-13H2,1-5H3. The van der Waals surface area contributed by atoms with Crippen LogP contribution in [0.1, 0.15) is 51.2 Å². The maximum absolute atomic E-state index is 3.56. The molecule has 3 atom stereocenters. The summed E-state index contributed by atoms with van der Waals surface area (Å²) in [6.07, 6.45) is 4.05. The Morgan fingerprint density at radius 2 is 1.90 bits per heavy atom. The van der Waals surface area contributed by atoms with Crippen molar-refractivity contribution < 1.29 is 0 Å². The summed E-state index contributed by atoms with van der Waals surface area (Å²) >= 11 is 2.15. The van der Waals surface area contributed by atoms with Gasteiger partial charge in [-0.1, -0.05) is 45.0 Å². The summed E-state index contributed by atoms with van der Waals surface area (Å²) in [7, 11) is 2.13. The molecule has 1 aliphatic carbocycles. The molecule has 0 saturated heterocycles. The lowest BCUT2D eigenvalue weighted by atomic mass is 9.71. The van der Waals surface area contributed by atoms with Crippen LogP contribution < -0.4 is 5.32 Å². The highest BCUT2D eigenvalue weighted by molar-refractivity contribution is 7.99. The molecule has 0 spiro atoms. The van der Waals surface area contributed by atoms with Gasteiger partial charge in [0.05, 0.1) is 0 Å². The van der Waals surface area contributed by atoms with Crippen molar-refractivity contribution in [2.24, 2.45) is 11.3 Å². The number of hydrogen-bond donors (Lipinski definition) is 1. The van der Waals surface area contributed by atoms with E-state index in [1.54, 1.807) is 0 Å². The number of benzene rings is 1. The zero-order chi connectivity index (χ0) is 15.5. The van der Waals surface area contributed by atoms with Crippen molar-refractivity contribution in [2.75, 3.05) is 7.05 Å². The molecule has 0 bridgehead atoms. The first-order chi connectivity index (χ1) is 9.91. The quantitative estimate of drug-likeness (QED) is 0.837. The van der Waals surface area contributed by atoms with E-state index in [0.717, 1.165) is 16.9 Å². The van der Waals surface area contributed by atoms with E-state index in [1.807, 2.05) is 0 Å². The maximum Gasteiger partial charge on any atom is 0.0207 e. The van der Waals surface area contributed by atoms with Crippen LogP contribution in [0.5, 0.6) is 0 Å². The molecule has 1 N–H and O–H groups in total. The zero-order valence-corrected chi connectivity index (χ0v) is 15.1. The minimum absolute atomic E-state index is 0.445. The van der Waals surface area contributed by atoms with E-state index in [-0.39, 0.29) is 0 Å². The first-order valence-corrected chi connectivity index (χ1v) is 9.30. The van der Waals surface area contributed by atoms with Crippen molar-refractivity contribution in [3.05, 3.63) is 35.4 Å². The molecule has 0 amide bonds. The summed E-state index contributed by atoms with van der Waals surface area (Å²) in [5.41, 5.74) is 3.37. The van der Waals surface area contributed by atoms with E-state index in [9.17, 15) is 0 Å². The lowest BCUT2D eigenvalue weighted by Crippen LogP contribution is -2.43. The molecule has 118 valence electrons. The third-order valence-corrected chi connectivity index (χ3v) is 6.53. The Hall–Kier alpha value is -0.470. The normalized spacial score (nSPS) is 26.8. The van der Waals surface area contributed by atoms with Gasteiger partial charge in [-0.15, -0.1) is 0 Å². The smallest absolute Gasteiger partial charge is 0.0207 e. The molecular weight excluding hydrogens is 274 g/mol. The maximum atomic E-state index is 3.56. The van der Waals surface area contributed by atoms with Crippen LogP contribution in [0.2, 0.25) is 0 Å². The monoisotopic (exact) mass is 305 g/mol. The fraction of sp³-hybridized carbons (Fsp3) is 0.684. The molecule has 2 rings (SSSR count). The van der Waals surface area contributed by atoms with Crippen LogP contribution in [0.25, 0.3) is 0 Å². The van der Waals surface area contributed by atoms with Crippen molar-refractivity contribution in [3.63, 3.8) is 0 Å². The van der Waals surface area contributed by atoms with Gasteiger partial charge in [-0.05, 0) is 55.7 Å². The predicted molar refractivity (Wildman–Crippen MR) is 95.9 cm³/mol. The van der Waals surface area contributed by atoms with Crippen molar-refractivity contribution in [1.82, 2.24) is 5.32 Å². The molecule has 1 aromatic rings. The van der Waals surface area contributed by atoms with Gasteiger partial charge < -0.3 is 5.32 Å². The Balaban J connectivity index is 2.00. The van der Waals surface area contributed by atoms with Crippen molar-refractivity contribution in [3.8, 4) is 0 Å². The fourth-order valence-corrected chi connectivity index (χ4v) is 4.99. The third kappa shape index (κ3) is 4.50. The van der Waals surface area contributed by atoms with E-state index in [2.05, 4.69) is 76.1 Å². The van der Waals surface area contributed by atoms with Gasteiger partial charge in [0, 0.05) is 17.0 Å². The molecule has 1 aliphatic rings. The van der Waals surface area contributed by atoms with Crippen LogP contribution in [0.4, 0.5) is 0 Å². The third-order valence-electron chi connectivity index (χ3n) is 5.10. The Labute approximate surface area is 135 Å². The van der Waals surface area contributed by atoms with Gasteiger partial charge in [0.2, 0.25) is 0 Å². The van der Waals surface area contributed by atoms with Crippen LogP contribution in [0.3, 0.4) is 0 Å². The van der Waals surface area contributed by atoms with Crippen LogP contribution in [0.15, 0.2) is 24.3 Å². The van der Waals surface area contributed by atoms with Gasteiger partial charge in [0.1, 0.15) is 0 Å². The summed E-state index contributed by atoms with van der Waals surface area (Å²) < 4.78 is 0. The zero-order valence-electron chi connectivity index (χ0n) is 14.3. The van der Waals surface area contributed by atoms with E-state index in [0.29, 0.717) is 11.5 Å². The van der Waals surface area contributed by atoms with Gasteiger partial charge >= 0.3 is 0 Å². The van der Waals surface area contributed by atoms with Crippen molar-refractivity contribution >= 4 is 11.8 Å². The summed E-state index contributed by atoms with van der Waals surface area (Å²) in [5.74, 6) is 2.00. The Bertz CT molecular complexity index is 449. The highest BCUT2D eigenvalue weighted by Crippen LogP contribution is 2.42. The molecule has 0 heterocycles. The largest absolute Gasteiger partial charge is 0.316 e. The van der Waals surface area contributed by atoms with Gasteiger partial charge in [0.25, 0.3) is 0 Å². The predicted octanol–water partition coefficient (Wildman–Crippen LogP) is 5.03. The number of rotatable bonds is 4. The Morgan fingerprint density at radius 1 is 1.19 bits per heavy atom. The summed E-state index contributed by atoms with van der Waals surface area (Å²) in [4.78, 5) is 0.